The van der Waals surface area contributed by atoms with Crippen molar-refractivity contribution in [3.63, 3.8) is 0 Å². The van der Waals surface area contributed by atoms with Crippen LogP contribution >= 0.6 is 0 Å². The number of hydrogen-bond acceptors (Lipinski definition) is 6. The van der Waals surface area contributed by atoms with E-state index in [1.165, 1.54) is 13.3 Å². The van der Waals surface area contributed by atoms with Gasteiger partial charge in [-0.15, -0.1) is 0 Å². The lowest BCUT2D eigenvalue weighted by molar-refractivity contribution is -0.133. The Balaban J connectivity index is 1.34. The molecule has 0 atom stereocenters. The molecular formula is C18H31N7O4S. The highest BCUT2D eigenvalue weighted by Crippen LogP contribution is 2.15. The lowest BCUT2D eigenvalue weighted by Gasteiger charge is -2.39. The van der Waals surface area contributed by atoms with Gasteiger partial charge in [-0.1, -0.05) is 6.42 Å². The van der Waals surface area contributed by atoms with Gasteiger partial charge in [0.15, 0.2) is 0 Å². The van der Waals surface area contributed by atoms with Crippen LogP contribution in [0.5, 0.6) is 0 Å². The van der Waals surface area contributed by atoms with Crippen LogP contribution in [0.2, 0.25) is 0 Å². The number of amides is 1. The molecule has 4 heterocycles. The molecule has 3 aliphatic heterocycles. The predicted octanol–water partition coefficient (Wildman–Crippen LogP) is -1.59. The molecule has 0 aromatic carbocycles. The summed E-state index contributed by atoms with van der Waals surface area (Å²) in [5, 5.41) is 4.37. The van der Waals surface area contributed by atoms with Crippen molar-refractivity contribution in [2.45, 2.75) is 38.8 Å². The molecule has 30 heavy (non-hydrogen) atoms. The Labute approximate surface area is 177 Å². The van der Waals surface area contributed by atoms with Crippen molar-refractivity contribution in [3.05, 3.63) is 16.3 Å². The first-order valence-electron chi connectivity index (χ1n) is 10.7. The van der Waals surface area contributed by atoms with Crippen LogP contribution in [0.4, 0.5) is 0 Å². The fraction of sp³-hybridized carbons (Fsp3) is 0.833. The largest absolute Gasteiger partial charge is 0.346 e. The maximum Gasteiger partial charge on any atom is 0.346 e. The van der Waals surface area contributed by atoms with Gasteiger partial charge in [0, 0.05) is 65.3 Å². The second-order valence-corrected chi connectivity index (χ2v) is 10.2. The average Bonchev–Trinajstić information content (AvgIpc) is 2.90. The maximum absolute atomic E-state index is 12.9. The van der Waals surface area contributed by atoms with Crippen molar-refractivity contribution in [2.24, 2.45) is 0 Å². The van der Waals surface area contributed by atoms with E-state index in [0.717, 1.165) is 44.6 Å². The molecular weight excluding hydrogens is 410 g/mol. The van der Waals surface area contributed by atoms with E-state index < -0.39 is 10.2 Å². The molecule has 1 aromatic rings. The number of aromatic nitrogens is 3. The molecule has 0 spiro atoms. The smallest absolute Gasteiger partial charge is 0.338 e. The molecule has 2 saturated heterocycles. The van der Waals surface area contributed by atoms with Gasteiger partial charge in [0.25, 0.3) is 10.2 Å². The topological polar surface area (TPSA) is 104 Å². The summed E-state index contributed by atoms with van der Waals surface area (Å²) in [6.45, 7) is 4.20. The van der Waals surface area contributed by atoms with Crippen molar-refractivity contribution < 1.29 is 13.2 Å². The van der Waals surface area contributed by atoms with E-state index >= 15 is 0 Å². The number of fused-ring (bicyclic) bond motifs is 1. The van der Waals surface area contributed by atoms with E-state index in [2.05, 4.69) is 10.00 Å². The summed E-state index contributed by atoms with van der Waals surface area (Å²) in [7, 11) is -1.51. The molecule has 0 saturated carbocycles. The molecule has 0 bridgehead atoms. The van der Waals surface area contributed by atoms with Crippen LogP contribution in [0.15, 0.2) is 4.79 Å². The van der Waals surface area contributed by atoms with Crippen LogP contribution < -0.4 is 5.69 Å². The van der Waals surface area contributed by atoms with Crippen LogP contribution in [-0.2, 0) is 34.5 Å². The quantitative estimate of drug-likeness (QED) is 0.558. The monoisotopic (exact) mass is 441 g/mol. The Hall–Kier alpha value is -1.76. The zero-order valence-electron chi connectivity index (χ0n) is 17.6. The normalized spacial score (nSPS) is 22.6. The van der Waals surface area contributed by atoms with Gasteiger partial charge in [0.2, 0.25) is 5.91 Å². The second-order valence-electron chi connectivity index (χ2n) is 8.31. The number of hydrogen-bond donors (Lipinski definition) is 0. The van der Waals surface area contributed by atoms with Gasteiger partial charge >= 0.3 is 5.69 Å². The van der Waals surface area contributed by atoms with Gasteiger partial charge in [0.1, 0.15) is 12.4 Å². The molecule has 12 heteroatoms. The van der Waals surface area contributed by atoms with E-state index in [4.69, 9.17) is 0 Å². The van der Waals surface area contributed by atoms with Crippen LogP contribution in [0.1, 0.15) is 25.1 Å². The zero-order chi connectivity index (χ0) is 21.3. The summed E-state index contributed by atoms with van der Waals surface area (Å²) in [6.07, 6.45) is 3.81. The number of likely N-dealkylation sites (N-methyl/N-ethyl adjacent to an activating group) is 1. The maximum atomic E-state index is 12.9. The zero-order valence-corrected chi connectivity index (χ0v) is 18.4. The molecule has 2 fully saturated rings. The third-order valence-electron chi connectivity index (χ3n) is 6.27. The van der Waals surface area contributed by atoms with Crippen molar-refractivity contribution in [2.75, 3.05) is 59.4 Å². The van der Waals surface area contributed by atoms with E-state index in [1.807, 2.05) is 7.05 Å². The van der Waals surface area contributed by atoms with E-state index in [-0.39, 0.29) is 31.2 Å². The Morgan fingerprint density at radius 3 is 2.20 bits per heavy atom. The number of carbonyl (C=O) groups excluding carboxylic acids is 1. The first-order chi connectivity index (χ1) is 14.4. The lowest BCUT2D eigenvalue weighted by Crippen LogP contribution is -2.57. The van der Waals surface area contributed by atoms with Crippen molar-refractivity contribution >= 4 is 16.1 Å². The lowest BCUT2D eigenvalue weighted by atomic mass is 10.2. The van der Waals surface area contributed by atoms with Crippen LogP contribution in [-0.4, -0.2) is 106 Å². The number of carbonyl (C=O) groups is 1. The Morgan fingerprint density at radius 1 is 0.900 bits per heavy atom. The van der Waals surface area contributed by atoms with Gasteiger partial charge in [-0.25, -0.2) is 9.48 Å². The minimum absolute atomic E-state index is 0.0932. The van der Waals surface area contributed by atoms with Gasteiger partial charge in [0.05, 0.1) is 0 Å². The van der Waals surface area contributed by atoms with Gasteiger partial charge in [-0.3, -0.25) is 9.36 Å². The summed E-state index contributed by atoms with van der Waals surface area (Å²) >= 11 is 0. The second kappa shape index (κ2) is 8.77. The van der Waals surface area contributed by atoms with Gasteiger partial charge in [-0.05, 0) is 19.9 Å². The summed E-state index contributed by atoms with van der Waals surface area (Å²) in [5.41, 5.74) is -0.225. The minimum Gasteiger partial charge on any atom is -0.338 e. The molecule has 0 radical (unpaired) electrons. The molecule has 3 aliphatic rings. The Morgan fingerprint density at radius 2 is 1.53 bits per heavy atom. The van der Waals surface area contributed by atoms with E-state index in [0.29, 0.717) is 32.7 Å². The summed E-state index contributed by atoms with van der Waals surface area (Å²) < 4.78 is 31.7. The Kier molecular flexibility index (Phi) is 6.28. The summed E-state index contributed by atoms with van der Waals surface area (Å²) in [5.74, 6) is 0.565. The standard InChI is InChI=1S/C18H31N7O4S/c1-20-7-11-22(12-8-20)30(28,29)23-13-9-21(10-14-23)17(26)15-25-18(27)24-6-4-2-3-5-16(24)19-25/h2-15H2,1H3. The number of piperazine rings is 2. The highest BCUT2D eigenvalue weighted by atomic mass is 32.2. The fourth-order valence-electron chi connectivity index (χ4n) is 4.31. The third-order valence-corrected chi connectivity index (χ3v) is 8.31. The summed E-state index contributed by atoms with van der Waals surface area (Å²) in [6, 6.07) is 0. The number of nitrogens with zero attached hydrogens (tertiary/aromatic N) is 7. The SMILES string of the molecule is CN1CCN(S(=O)(=O)N2CCN(C(=O)Cn3nc4n(c3=O)CCCCC4)CC2)CC1. The van der Waals surface area contributed by atoms with Crippen molar-refractivity contribution in [1.82, 2.24) is 32.8 Å². The molecule has 11 nitrogen and oxygen atoms in total. The van der Waals surface area contributed by atoms with Crippen molar-refractivity contribution in [3.8, 4) is 0 Å². The van der Waals surface area contributed by atoms with Crippen LogP contribution in [0, 0.1) is 0 Å². The molecule has 1 amide bonds. The first kappa shape index (κ1) is 21.5. The highest BCUT2D eigenvalue weighted by Gasteiger charge is 2.34. The van der Waals surface area contributed by atoms with Gasteiger partial charge < -0.3 is 9.80 Å². The highest BCUT2D eigenvalue weighted by molar-refractivity contribution is 7.86. The van der Waals surface area contributed by atoms with Crippen LogP contribution in [0.25, 0.3) is 0 Å². The van der Waals surface area contributed by atoms with Crippen LogP contribution in [0.3, 0.4) is 0 Å². The molecule has 0 unspecified atom stereocenters. The predicted molar refractivity (Wildman–Crippen MR) is 110 cm³/mol. The molecule has 1 aromatic heterocycles. The van der Waals surface area contributed by atoms with Gasteiger partial charge in [-0.2, -0.15) is 22.1 Å². The third kappa shape index (κ3) is 4.32. The molecule has 4 rings (SSSR count). The van der Waals surface area contributed by atoms with Crippen molar-refractivity contribution in [1.29, 1.82) is 0 Å². The Bertz CT molecular complexity index is 925. The molecule has 0 N–H and O–H groups in total. The first-order valence-corrected chi connectivity index (χ1v) is 12.1. The molecule has 0 aliphatic carbocycles. The summed E-state index contributed by atoms with van der Waals surface area (Å²) in [4.78, 5) is 29.0. The molecule has 168 valence electrons. The number of aryl methyl sites for hydroxylation is 1. The fourth-order valence-corrected chi connectivity index (χ4v) is 5.88. The van der Waals surface area contributed by atoms with E-state index in [9.17, 15) is 18.0 Å². The number of rotatable bonds is 4. The van der Waals surface area contributed by atoms with E-state index in [1.54, 1.807) is 9.47 Å². The average molecular weight is 442 g/mol. The minimum atomic E-state index is -3.50.